The molecule has 118 valence electrons. The monoisotopic (exact) mass is 311 g/mol. The lowest BCUT2D eigenvalue weighted by Crippen LogP contribution is -2.53. The highest BCUT2D eigenvalue weighted by molar-refractivity contribution is 5.95. The third-order valence-electron chi connectivity index (χ3n) is 4.90. The lowest BCUT2D eigenvalue weighted by atomic mass is 9.76. The van der Waals surface area contributed by atoms with Gasteiger partial charge in [-0.2, -0.15) is 0 Å². The van der Waals surface area contributed by atoms with Gasteiger partial charge in [0.25, 0.3) is 5.91 Å². The van der Waals surface area contributed by atoms with Crippen LogP contribution in [-0.2, 0) is 4.74 Å². The summed E-state index contributed by atoms with van der Waals surface area (Å²) in [4.78, 5) is 12.3. The minimum Gasteiger partial charge on any atom is -0.378 e. The van der Waals surface area contributed by atoms with E-state index >= 15 is 0 Å². The van der Waals surface area contributed by atoms with E-state index in [9.17, 15) is 9.18 Å². The van der Waals surface area contributed by atoms with Crippen LogP contribution in [0.1, 0.15) is 23.2 Å². The Hall–Kier alpha value is -2.20. The number of hydrogen-bond acceptors (Lipinski definition) is 2. The van der Waals surface area contributed by atoms with Crippen LogP contribution in [0.15, 0.2) is 48.5 Å². The molecule has 0 aromatic heterocycles. The normalized spacial score (nSPS) is 25.5. The molecule has 1 heterocycles. The van der Waals surface area contributed by atoms with Crippen molar-refractivity contribution in [3.05, 3.63) is 59.9 Å². The van der Waals surface area contributed by atoms with Crippen molar-refractivity contribution in [2.75, 3.05) is 6.61 Å². The largest absolute Gasteiger partial charge is 0.378 e. The Labute approximate surface area is 134 Å². The molecule has 3 nitrogen and oxygen atoms in total. The molecule has 0 spiro atoms. The Bertz CT molecular complexity index is 711. The number of amides is 1. The van der Waals surface area contributed by atoms with E-state index in [4.69, 9.17) is 4.74 Å². The molecule has 0 unspecified atom stereocenters. The highest BCUT2D eigenvalue weighted by Gasteiger charge is 2.45. The Morgan fingerprint density at radius 2 is 1.70 bits per heavy atom. The number of halogens is 1. The first-order chi connectivity index (χ1) is 11.2. The first-order valence-electron chi connectivity index (χ1n) is 7.99. The van der Waals surface area contributed by atoms with Crippen LogP contribution in [0.4, 0.5) is 4.39 Å². The molecule has 1 aliphatic heterocycles. The molecule has 1 amide bonds. The van der Waals surface area contributed by atoms with Crippen LogP contribution in [0.5, 0.6) is 0 Å². The van der Waals surface area contributed by atoms with Gasteiger partial charge in [-0.05, 0) is 48.2 Å². The number of nitrogens with one attached hydrogen (secondary N) is 1. The van der Waals surface area contributed by atoms with Crippen molar-refractivity contribution < 1.29 is 13.9 Å². The summed E-state index contributed by atoms with van der Waals surface area (Å²) < 4.78 is 18.5. The van der Waals surface area contributed by atoms with Crippen molar-refractivity contribution in [3.63, 3.8) is 0 Å². The van der Waals surface area contributed by atoms with Crippen LogP contribution in [0.3, 0.4) is 0 Å². The van der Waals surface area contributed by atoms with Crippen molar-refractivity contribution in [1.82, 2.24) is 5.32 Å². The fourth-order valence-corrected chi connectivity index (χ4v) is 3.47. The fourth-order valence-electron chi connectivity index (χ4n) is 3.47. The Morgan fingerprint density at radius 3 is 2.35 bits per heavy atom. The molecule has 1 saturated heterocycles. The minimum atomic E-state index is -0.251. The highest BCUT2D eigenvalue weighted by Crippen LogP contribution is 2.38. The van der Waals surface area contributed by atoms with E-state index in [2.05, 4.69) is 5.32 Å². The summed E-state index contributed by atoms with van der Waals surface area (Å²) >= 11 is 0. The Morgan fingerprint density at radius 1 is 1.04 bits per heavy atom. The van der Waals surface area contributed by atoms with Gasteiger partial charge >= 0.3 is 0 Å². The molecule has 4 heteroatoms. The van der Waals surface area contributed by atoms with Gasteiger partial charge in [-0.1, -0.05) is 24.3 Å². The SMILES string of the molecule is O=C(N[C@@H]1C[C@H]2OCC[C@@H]12)c1ccc(-c2ccc(F)cc2)cc1. The van der Waals surface area contributed by atoms with Crippen LogP contribution in [-0.4, -0.2) is 24.7 Å². The maximum absolute atomic E-state index is 13.0. The topological polar surface area (TPSA) is 38.3 Å². The molecule has 1 N–H and O–H groups in total. The zero-order valence-corrected chi connectivity index (χ0v) is 12.7. The molecule has 1 saturated carbocycles. The third-order valence-corrected chi connectivity index (χ3v) is 4.90. The number of ether oxygens (including phenoxy) is 1. The van der Waals surface area contributed by atoms with Crippen LogP contribution in [0.2, 0.25) is 0 Å². The summed E-state index contributed by atoms with van der Waals surface area (Å²) in [7, 11) is 0. The van der Waals surface area contributed by atoms with E-state index in [-0.39, 0.29) is 17.8 Å². The quantitative estimate of drug-likeness (QED) is 0.943. The molecular formula is C19H18FNO2. The molecule has 23 heavy (non-hydrogen) atoms. The lowest BCUT2D eigenvalue weighted by molar-refractivity contribution is 0.00810. The van der Waals surface area contributed by atoms with Gasteiger partial charge in [0.05, 0.1) is 6.10 Å². The summed E-state index contributed by atoms with van der Waals surface area (Å²) in [6, 6.07) is 14.0. The molecule has 0 bridgehead atoms. The Balaban J connectivity index is 1.43. The van der Waals surface area contributed by atoms with Gasteiger partial charge in [0.1, 0.15) is 5.82 Å². The predicted molar refractivity (Wildman–Crippen MR) is 85.6 cm³/mol. The standard InChI is InChI=1S/C19H18FNO2/c20-15-7-5-13(6-8-15)12-1-3-14(4-2-12)19(22)21-17-11-18-16(17)9-10-23-18/h1-8,16-18H,9-11H2,(H,21,22)/t16-,17+,18+/m0/s1. The number of carbonyl (C=O) groups is 1. The second-order valence-corrected chi connectivity index (χ2v) is 6.26. The summed E-state index contributed by atoms with van der Waals surface area (Å²) in [5.74, 6) is 0.197. The van der Waals surface area contributed by atoms with Crippen molar-refractivity contribution in [1.29, 1.82) is 0 Å². The van der Waals surface area contributed by atoms with Gasteiger partial charge in [-0.15, -0.1) is 0 Å². The zero-order chi connectivity index (χ0) is 15.8. The maximum atomic E-state index is 13.0. The van der Waals surface area contributed by atoms with E-state index < -0.39 is 0 Å². The van der Waals surface area contributed by atoms with Gasteiger partial charge in [-0.25, -0.2) is 4.39 Å². The van der Waals surface area contributed by atoms with Crippen LogP contribution < -0.4 is 5.32 Å². The second-order valence-electron chi connectivity index (χ2n) is 6.26. The molecule has 1 aliphatic carbocycles. The van der Waals surface area contributed by atoms with Crippen molar-refractivity contribution in [3.8, 4) is 11.1 Å². The molecule has 3 atom stereocenters. The fraction of sp³-hybridized carbons (Fsp3) is 0.316. The summed E-state index contributed by atoms with van der Waals surface area (Å²) in [5, 5.41) is 3.10. The van der Waals surface area contributed by atoms with Crippen LogP contribution in [0.25, 0.3) is 11.1 Å². The average Bonchev–Trinajstić information content (AvgIpc) is 2.94. The van der Waals surface area contributed by atoms with E-state index in [0.717, 1.165) is 30.6 Å². The first kappa shape index (κ1) is 14.4. The molecule has 2 aromatic rings. The zero-order valence-electron chi connectivity index (χ0n) is 12.7. The number of fused-ring (bicyclic) bond motifs is 1. The Kier molecular flexibility index (Phi) is 3.62. The summed E-state index contributed by atoms with van der Waals surface area (Å²) in [6.07, 6.45) is 2.31. The van der Waals surface area contributed by atoms with Gasteiger partial charge in [0, 0.05) is 24.1 Å². The molecule has 2 fully saturated rings. The van der Waals surface area contributed by atoms with Crippen molar-refractivity contribution >= 4 is 5.91 Å². The van der Waals surface area contributed by atoms with Gasteiger partial charge in [0.2, 0.25) is 0 Å². The number of benzene rings is 2. The number of hydrogen-bond donors (Lipinski definition) is 1. The lowest BCUT2D eigenvalue weighted by Gasteiger charge is -2.39. The summed E-state index contributed by atoms with van der Waals surface area (Å²) in [5.41, 5.74) is 2.55. The molecule has 0 radical (unpaired) electrons. The molecule has 2 aromatic carbocycles. The second kappa shape index (κ2) is 5.78. The smallest absolute Gasteiger partial charge is 0.251 e. The van der Waals surface area contributed by atoms with Gasteiger partial charge in [0.15, 0.2) is 0 Å². The van der Waals surface area contributed by atoms with Crippen molar-refractivity contribution in [2.45, 2.75) is 25.0 Å². The number of rotatable bonds is 3. The van der Waals surface area contributed by atoms with Gasteiger partial charge in [-0.3, -0.25) is 4.79 Å². The van der Waals surface area contributed by atoms with E-state index in [1.54, 1.807) is 12.1 Å². The van der Waals surface area contributed by atoms with E-state index in [0.29, 0.717) is 17.6 Å². The van der Waals surface area contributed by atoms with Crippen LogP contribution >= 0.6 is 0 Å². The molecule has 4 rings (SSSR count). The van der Waals surface area contributed by atoms with Crippen LogP contribution in [0, 0.1) is 11.7 Å². The number of carbonyl (C=O) groups excluding carboxylic acids is 1. The van der Waals surface area contributed by atoms with E-state index in [1.165, 1.54) is 12.1 Å². The first-order valence-corrected chi connectivity index (χ1v) is 7.99. The van der Waals surface area contributed by atoms with Crippen molar-refractivity contribution in [2.24, 2.45) is 5.92 Å². The highest BCUT2D eigenvalue weighted by atomic mass is 19.1. The third kappa shape index (κ3) is 2.75. The summed E-state index contributed by atoms with van der Waals surface area (Å²) in [6.45, 7) is 0.814. The average molecular weight is 311 g/mol. The molecular weight excluding hydrogens is 293 g/mol. The van der Waals surface area contributed by atoms with Gasteiger partial charge < -0.3 is 10.1 Å². The van der Waals surface area contributed by atoms with E-state index in [1.807, 2.05) is 24.3 Å². The minimum absolute atomic E-state index is 0.0361. The molecule has 2 aliphatic rings. The maximum Gasteiger partial charge on any atom is 0.251 e. The predicted octanol–water partition coefficient (Wildman–Crippen LogP) is 3.40.